The van der Waals surface area contributed by atoms with Crippen LogP contribution in [0.15, 0.2) is 0 Å². The lowest BCUT2D eigenvalue weighted by atomic mass is 9.95. The molecular formula is C11H16O2. The van der Waals surface area contributed by atoms with Crippen LogP contribution in [-0.4, -0.2) is 19.0 Å². The fourth-order valence-electron chi connectivity index (χ4n) is 1.51. The second-order valence-corrected chi connectivity index (χ2v) is 3.31. The molecule has 0 saturated carbocycles. The third-order valence-electron chi connectivity index (χ3n) is 2.29. The average molecular weight is 180 g/mol. The van der Waals surface area contributed by atoms with E-state index in [0.29, 0.717) is 25.2 Å². The van der Waals surface area contributed by atoms with E-state index in [2.05, 4.69) is 11.8 Å². The van der Waals surface area contributed by atoms with Gasteiger partial charge in [0.2, 0.25) is 0 Å². The number of ketones is 1. The van der Waals surface area contributed by atoms with E-state index in [4.69, 9.17) is 4.74 Å². The molecule has 2 heteroatoms. The fraction of sp³-hybridized carbons (Fsp3) is 0.727. The van der Waals surface area contributed by atoms with Gasteiger partial charge in [0.1, 0.15) is 5.78 Å². The summed E-state index contributed by atoms with van der Waals surface area (Å²) >= 11 is 0. The second-order valence-electron chi connectivity index (χ2n) is 3.31. The molecule has 0 spiro atoms. The lowest BCUT2D eigenvalue weighted by Crippen LogP contribution is -2.24. The molecule has 0 aliphatic carbocycles. The number of Topliss-reactive ketones (excluding diaryl/α,β-unsaturated/α-hetero) is 1. The predicted molar refractivity (Wildman–Crippen MR) is 51.2 cm³/mol. The minimum atomic E-state index is 0.146. The summed E-state index contributed by atoms with van der Waals surface area (Å²) in [5.41, 5.74) is 0. The Morgan fingerprint density at radius 1 is 1.62 bits per heavy atom. The lowest BCUT2D eigenvalue weighted by molar-refractivity contribution is -0.126. The van der Waals surface area contributed by atoms with Crippen molar-refractivity contribution in [2.45, 2.75) is 32.6 Å². The van der Waals surface area contributed by atoms with Crippen molar-refractivity contribution in [3.63, 3.8) is 0 Å². The van der Waals surface area contributed by atoms with E-state index in [0.717, 1.165) is 19.4 Å². The van der Waals surface area contributed by atoms with E-state index in [1.165, 1.54) is 0 Å². The van der Waals surface area contributed by atoms with Gasteiger partial charge in [0.15, 0.2) is 0 Å². The van der Waals surface area contributed by atoms with E-state index >= 15 is 0 Å². The van der Waals surface area contributed by atoms with E-state index in [9.17, 15) is 4.79 Å². The Bertz CT molecular complexity index is 216. The smallest absolute Gasteiger partial charge is 0.139 e. The summed E-state index contributed by atoms with van der Waals surface area (Å²) in [6.07, 6.45) is 3.31. The first kappa shape index (κ1) is 10.3. The number of rotatable bonds is 3. The van der Waals surface area contributed by atoms with E-state index < -0.39 is 0 Å². The lowest BCUT2D eigenvalue weighted by Gasteiger charge is -2.20. The van der Waals surface area contributed by atoms with Crippen LogP contribution in [0.4, 0.5) is 0 Å². The molecule has 0 radical (unpaired) electrons. The minimum Gasteiger partial charge on any atom is -0.381 e. The van der Waals surface area contributed by atoms with Crippen molar-refractivity contribution < 1.29 is 9.53 Å². The first-order valence-electron chi connectivity index (χ1n) is 4.84. The number of carbonyl (C=O) groups is 1. The molecule has 1 heterocycles. The van der Waals surface area contributed by atoms with Crippen molar-refractivity contribution in [1.82, 2.24) is 0 Å². The number of hydrogen-bond donors (Lipinski definition) is 0. The standard InChI is InChI=1S/C11H16O2/c1-2-3-4-7-11(12)10-6-5-8-13-9-10/h10H,4-9H2,1H3. The largest absolute Gasteiger partial charge is 0.381 e. The van der Waals surface area contributed by atoms with Gasteiger partial charge in [0.25, 0.3) is 0 Å². The van der Waals surface area contributed by atoms with E-state index in [1.807, 2.05) is 0 Å². The van der Waals surface area contributed by atoms with Crippen LogP contribution in [0, 0.1) is 17.8 Å². The van der Waals surface area contributed by atoms with Gasteiger partial charge in [-0.05, 0) is 19.8 Å². The van der Waals surface area contributed by atoms with Gasteiger partial charge in [-0.3, -0.25) is 4.79 Å². The molecule has 0 N–H and O–H groups in total. The van der Waals surface area contributed by atoms with Gasteiger partial charge in [-0.15, -0.1) is 11.8 Å². The van der Waals surface area contributed by atoms with Crippen molar-refractivity contribution in [3.05, 3.63) is 0 Å². The highest BCUT2D eigenvalue weighted by Crippen LogP contribution is 2.16. The summed E-state index contributed by atoms with van der Waals surface area (Å²) in [5.74, 6) is 6.17. The van der Waals surface area contributed by atoms with Gasteiger partial charge < -0.3 is 4.74 Å². The molecule has 0 amide bonds. The van der Waals surface area contributed by atoms with Crippen molar-refractivity contribution in [2.75, 3.05) is 13.2 Å². The summed E-state index contributed by atoms with van der Waals surface area (Å²) in [7, 11) is 0. The summed E-state index contributed by atoms with van der Waals surface area (Å²) in [4.78, 5) is 11.5. The van der Waals surface area contributed by atoms with Crippen molar-refractivity contribution in [3.8, 4) is 11.8 Å². The minimum absolute atomic E-state index is 0.146. The van der Waals surface area contributed by atoms with Crippen LogP contribution < -0.4 is 0 Å². The highest BCUT2D eigenvalue weighted by atomic mass is 16.5. The van der Waals surface area contributed by atoms with Crippen molar-refractivity contribution >= 4 is 5.78 Å². The summed E-state index contributed by atoms with van der Waals surface area (Å²) in [5, 5.41) is 0. The molecule has 1 atom stereocenters. The molecule has 0 aromatic rings. The highest BCUT2D eigenvalue weighted by molar-refractivity contribution is 5.81. The van der Waals surface area contributed by atoms with E-state index in [1.54, 1.807) is 6.92 Å². The Morgan fingerprint density at radius 2 is 2.46 bits per heavy atom. The maximum atomic E-state index is 11.5. The summed E-state index contributed by atoms with van der Waals surface area (Å²) in [6.45, 7) is 3.24. The predicted octanol–water partition coefficient (Wildman–Crippen LogP) is 1.79. The van der Waals surface area contributed by atoms with Gasteiger partial charge in [0, 0.05) is 25.4 Å². The second kappa shape index (κ2) is 5.77. The van der Waals surface area contributed by atoms with Crippen LogP contribution in [0.5, 0.6) is 0 Å². The third kappa shape index (κ3) is 3.61. The molecule has 13 heavy (non-hydrogen) atoms. The highest BCUT2D eigenvalue weighted by Gasteiger charge is 2.20. The van der Waals surface area contributed by atoms with Crippen LogP contribution in [0.25, 0.3) is 0 Å². The Morgan fingerprint density at radius 3 is 3.08 bits per heavy atom. The Kier molecular flexibility index (Phi) is 4.56. The zero-order valence-electron chi connectivity index (χ0n) is 8.14. The van der Waals surface area contributed by atoms with Crippen LogP contribution in [-0.2, 0) is 9.53 Å². The SMILES string of the molecule is CC#CCCC(=O)C1CCCOC1. The van der Waals surface area contributed by atoms with Crippen LogP contribution in [0.1, 0.15) is 32.6 Å². The van der Waals surface area contributed by atoms with Gasteiger partial charge in [-0.25, -0.2) is 0 Å². The molecule has 2 nitrogen and oxygen atoms in total. The zero-order valence-corrected chi connectivity index (χ0v) is 8.14. The normalized spacial score (nSPS) is 21.8. The Balaban J connectivity index is 2.23. The van der Waals surface area contributed by atoms with Gasteiger partial charge >= 0.3 is 0 Å². The molecule has 72 valence electrons. The molecule has 1 aliphatic heterocycles. The molecule has 1 unspecified atom stereocenters. The topological polar surface area (TPSA) is 26.3 Å². The molecule has 1 saturated heterocycles. The van der Waals surface area contributed by atoms with Gasteiger partial charge in [-0.2, -0.15) is 0 Å². The maximum Gasteiger partial charge on any atom is 0.139 e. The quantitative estimate of drug-likeness (QED) is 0.619. The maximum absolute atomic E-state index is 11.5. The Labute approximate surface area is 79.7 Å². The monoisotopic (exact) mass is 180 g/mol. The van der Waals surface area contributed by atoms with Crippen LogP contribution in [0.3, 0.4) is 0 Å². The number of hydrogen-bond acceptors (Lipinski definition) is 2. The number of carbonyl (C=O) groups excluding carboxylic acids is 1. The van der Waals surface area contributed by atoms with Crippen molar-refractivity contribution in [1.29, 1.82) is 0 Å². The van der Waals surface area contributed by atoms with Crippen LogP contribution >= 0.6 is 0 Å². The first-order valence-corrected chi connectivity index (χ1v) is 4.84. The fourth-order valence-corrected chi connectivity index (χ4v) is 1.51. The first-order chi connectivity index (χ1) is 6.34. The molecule has 0 bridgehead atoms. The van der Waals surface area contributed by atoms with E-state index in [-0.39, 0.29) is 5.92 Å². The summed E-state index contributed by atoms with van der Waals surface area (Å²) in [6, 6.07) is 0. The van der Waals surface area contributed by atoms with Crippen LogP contribution in [0.2, 0.25) is 0 Å². The molecule has 1 fully saturated rings. The molecule has 1 aliphatic rings. The number of ether oxygens (including phenoxy) is 1. The van der Waals surface area contributed by atoms with Gasteiger partial charge in [0.05, 0.1) is 6.61 Å². The molecule has 1 rings (SSSR count). The summed E-state index contributed by atoms with van der Waals surface area (Å²) < 4.78 is 5.25. The zero-order chi connectivity index (χ0) is 9.52. The molecule has 0 aromatic carbocycles. The molecular weight excluding hydrogens is 164 g/mol. The third-order valence-corrected chi connectivity index (χ3v) is 2.29. The Hall–Kier alpha value is -0.810. The van der Waals surface area contributed by atoms with Crippen molar-refractivity contribution in [2.24, 2.45) is 5.92 Å². The average Bonchev–Trinajstić information content (AvgIpc) is 2.19. The molecule has 0 aromatic heterocycles. The van der Waals surface area contributed by atoms with Gasteiger partial charge in [-0.1, -0.05) is 0 Å².